The molecule has 0 aliphatic carbocycles. The first kappa shape index (κ1) is 22.2. The van der Waals surface area contributed by atoms with Crippen LogP contribution in [0.25, 0.3) is 11.3 Å². The van der Waals surface area contributed by atoms with Gasteiger partial charge in [0, 0.05) is 25.2 Å². The van der Waals surface area contributed by atoms with Gasteiger partial charge in [0.15, 0.2) is 0 Å². The largest absolute Gasteiger partial charge is 0.444 e. The van der Waals surface area contributed by atoms with Crippen LogP contribution in [0.15, 0.2) is 28.8 Å². The van der Waals surface area contributed by atoms with Gasteiger partial charge in [-0.1, -0.05) is 35.0 Å². The molecule has 162 valence electrons. The summed E-state index contributed by atoms with van der Waals surface area (Å²) >= 11 is 6.27. The third-order valence-corrected chi connectivity index (χ3v) is 5.37. The number of benzene rings is 1. The van der Waals surface area contributed by atoms with Crippen molar-refractivity contribution in [3.63, 3.8) is 0 Å². The molecule has 1 fully saturated rings. The highest BCUT2D eigenvalue weighted by Gasteiger charge is 2.28. The molecule has 1 saturated heterocycles. The van der Waals surface area contributed by atoms with Crippen LogP contribution in [0.1, 0.15) is 49.7 Å². The van der Waals surface area contributed by atoms with Gasteiger partial charge in [0.05, 0.1) is 5.02 Å². The molecule has 0 saturated carbocycles. The highest BCUT2D eigenvalue weighted by atomic mass is 35.5. The number of aromatic nitrogens is 1. The number of piperidine rings is 1. The lowest BCUT2D eigenvalue weighted by Gasteiger charge is -2.33. The number of ether oxygens (including phenoxy) is 1. The summed E-state index contributed by atoms with van der Waals surface area (Å²) < 4.78 is 10.7. The first-order chi connectivity index (χ1) is 14.2. The summed E-state index contributed by atoms with van der Waals surface area (Å²) in [6, 6.07) is 7.22. The van der Waals surface area contributed by atoms with E-state index >= 15 is 0 Å². The van der Waals surface area contributed by atoms with Crippen LogP contribution in [-0.2, 0) is 4.74 Å². The van der Waals surface area contributed by atoms with Crippen LogP contribution in [-0.4, -0.2) is 47.3 Å². The van der Waals surface area contributed by atoms with E-state index in [-0.39, 0.29) is 17.9 Å². The molecule has 2 aromatic rings. The van der Waals surface area contributed by atoms with E-state index in [9.17, 15) is 9.59 Å². The van der Waals surface area contributed by atoms with Gasteiger partial charge in [0.1, 0.15) is 22.6 Å². The van der Waals surface area contributed by atoms with E-state index in [0.29, 0.717) is 47.2 Å². The maximum atomic E-state index is 12.9. The van der Waals surface area contributed by atoms with Crippen molar-refractivity contribution in [2.75, 3.05) is 19.6 Å². The van der Waals surface area contributed by atoms with Gasteiger partial charge in [-0.05, 0) is 52.5 Å². The Balaban J connectivity index is 1.57. The molecule has 1 aliphatic rings. The number of nitrogens with zero attached hydrogens (tertiary/aromatic N) is 2. The summed E-state index contributed by atoms with van der Waals surface area (Å²) in [5.74, 6) is 0.497. The average molecular weight is 434 g/mol. The number of aryl methyl sites for hydroxylation is 1. The standard InChI is InChI=1S/C22H28ClN3O4/c1-14-18(19(25-30-14)16-7-5-6-8-17(16)23)20(27)24-13-15-9-11-26(12-10-15)21(28)29-22(2,3)4/h5-8,15H,9-13H2,1-4H3,(H,24,27). The fourth-order valence-corrected chi connectivity index (χ4v) is 3.67. The summed E-state index contributed by atoms with van der Waals surface area (Å²) in [5.41, 5.74) is 0.995. The molecule has 0 radical (unpaired) electrons. The number of hydrogen-bond donors (Lipinski definition) is 1. The van der Waals surface area contributed by atoms with E-state index in [0.717, 1.165) is 12.8 Å². The van der Waals surface area contributed by atoms with Crippen molar-refractivity contribution in [2.24, 2.45) is 5.92 Å². The number of likely N-dealkylation sites (tertiary alicyclic amines) is 1. The smallest absolute Gasteiger partial charge is 0.410 e. The molecule has 1 aromatic heterocycles. The lowest BCUT2D eigenvalue weighted by molar-refractivity contribution is 0.0183. The maximum absolute atomic E-state index is 12.9. The maximum Gasteiger partial charge on any atom is 0.410 e. The number of nitrogens with one attached hydrogen (secondary N) is 1. The summed E-state index contributed by atoms with van der Waals surface area (Å²) in [6.07, 6.45) is 1.33. The number of carbonyl (C=O) groups excluding carboxylic acids is 2. The molecule has 2 heterocycles. The summed E-state index contributed by atoms with van der Waals surface area (Å²) in [6.45, 7) is 9.04. The lowest BCUT2D eigenvalue weighted by Crippen LogP contribution is -2.43. The van der Waals surface area contributed by atoms with Crippen molar-refractivity contribution in [1.29, 1.82) is 0 Å². The van der Waals surface area contributed by atoms with E-state index in [2.05, 4.69) is 10.5 Å². The quantitative estimate of drug-likeness (QED) is 0.756. The summed E-state index contributed by atoms with van der Waals surface area (Å²) in [4.78, 5) is 26.8. The van der Waals surface area contributed by atoms with Gasteiger partial charge in [-0.25, -0.2) is 4.79 Å². The Kier molecular flexibility index (Phi) is 6.71. The zero-order valence-electron chi connectivity index (χ0n) is 17.8. The van der Waals surface area contributed by atoms with Crippen LogP contribution in [0.3, 0.4) is 0 Å². The third-order valence-electron chi connectivity index (χ3n) is 5.04. The second-order valence-electron chi connectivity index (χ2n) is 8.56. The monoisotopic (exact) mass is 433 g/mol. The van der Waals surface area contributed by atoms with Crippen LogP contribution in [0.5, 0.6) is 0 Å². The predicted octanol–water partition coefficient (Wildman–Crippen LogP) is 4.68. The van der Waals surface area contributed by atoms with Crippen LogP contribution >= 0.6 is 11.6 Å². The minimum atomic E-state index is -0.502. The summed E-state index contributed by atoms with van der Waals surface area (Å²) in [5, 5.41) is 7.54. The molecule has 0 spiro atoms. The highest BCUT2D eigenvalue weighted by Crippen LogP contribution is 2.31. The molecule has 0 bridgehead atoms. The van der Waals surface area contributed by atoms with E-state index in [4.69, 9.17) is 20.9 Å². The van der Waals surface area contributed by atoms with Crippen LogP contribution < -0.4 is 5.32 Å². The Morgan fingerprint density at radius 2 is 1.93 bits per heavy atom. The topological polar surface area (TPSA) is 84.7 Å². The minimum absolute atomic E-state index is 0.238. The minimum Gasteiger partial charge on any atom is -0.444 e. The Labute approximate surface area is 181 Å². The van der Waals surface area contributed by atoms with Crippen LogP contribution in [0.2, 0.25) is 5.02 Å². The van der Waals surface area contributed by atoms with Crippen molar-refractivity contribution in [3.8, 4) is 11.3 Å². The Bertz CT molecular complexity index is 911. The number of rotatable bonds is 4. The van der Waals surface area contributed by atoms with E-state index in [1.165, 1.54) is 0 Å². The zero-order chi connectivity index (χ0) is 21.9. The molecule has 1 aliphatic heterocycles. The molecule has 2 amide bonds. The molecule has 30 heavy (non-hydrogen) atoms. The Hall–Kier alpha value is -2.54. The van der Waals surface area contributed by atoms with Gasteiger partial charge in [0.2, 0.25) is 0 Å². The molecule has 1 N–H and O–H groups in total. The van der Waals surface area contributed by atoms with Gasteiger partial charge < -0.3 is 19.5 Å². The predicted molar refractivity (Wildman–Crippen MR) is 115 cm³/mol. The van der Waals surface area contributed by atoms with Crippen LogP contribution in [0, 0.1) is 12.8 Å². The van der Waals surface area contributed by atoms with Gasteiger partial charge in [-0.15, -0.1) is 0 Å². The number of halogens is 1. The van der Waals surface area contributed by atoms with Gasteiger partial charge in [0.25, 0.3) is 5.91 Å². The molecular formula is C22H28ClN3O4. The fraction of sp³-hybridized carbons (Fsp3) is 0.500. The highest BCUT2D eigenvalue weighted by molar-refractivity contribution is 6.33. The molecule has 1 aromatic carbocycles. The van der Waals surface area contributed by atoms with Crippen molar-refractivity contribution < 1.29 is 18.8 Å². The molecular weight excluding hydrogens is 406 g/mol. The van der Waals surface area contributed by atoms with Crippen molar-refractivity contribution in [2.45, 2.75) is 46.1 Å². The van der Waals surface area contributed by atoms with Gasteiger partial charge >= 0.3 is 6.09 Å². The first-order valence-corrected chi connectivity index (χ1v) is 10.5. The molecule has 7 nitrogen and oxygen atoms in total. The lowest BCUT2D eigenvalue weighted by atomic mass is 9.96. The first-order valence-electron chi connectivity index (χ1n) is 10.1. The van der Waals surface area contributed by atoms with Crippen molar-refractivity contribution in [3.05, 3.63) is 40.6 Å². The fourth-order valence-electron chi connectivity index (χ4n) is 3.45. The van der Waals surface area contributed by atoms with E-state index in [1.54, 1.807) is 17.9 Å². The molecule has 8 heteroatoms. The van der Waals surface area contributed by atoms with Crippen molar-refractivity contribution in [1.82, 2.24) is 15.4 Å². The van der Waals surface area contributed by atoms with E-state index in [1.807, 2.05) is 39.0 Å². The number of hydrogen-bond acceptors (Lipinski definition) is 5. The van der Waals surface area contributed by atoms with Crippen LogP contribution in [0.4, 0.5) is 4.79 Å². The average Bonchev–Trinajstić information content (AvgIpc) is 3.07. The molecule has 3 rings (SSSR count). The number of carbonyl (C=O) groups is 2. The number of amides is 2. The molecule has 0 unspecified atom stereocenters. The Morgan fingerprint density at radius 3 is 2.57 bits per heavy atom. The third kappa shape index (κ3) is 5.33. The normalized spacial score (nSPS) is 15.2. The Morgan fingerprint density at radius 1 is 1.27 bits per heavy atom. The molecule has 0 atom stereocenters. The summed E-state index contributed by atoms with van der Waals surface area (Å²) in [7, 11) is 0. The second kappa shape index (κ2) is 9.08. The van der Waals surface area contributed by atoms with E-state index < -0.39 is 5.60 Å². The van der Waals surface area contributed by atoms with Crippen molar-refractivity contribution >= 4 is 23.6 Å². The SMILES string of the molecule is Cc1onc(-c2ccccc2Cl)c1C(=O)NCC1CCN(C(=O)OC(C)(C)C)CC1. The second-order valence-corrected chi connectivity index (χ2v) is 8.97. The van der Waals surface area contributed by atoms with Gasteiger partial charge in [-0.2, -0.15) is 0 Å². The zero-order valence-corrected chi connectivity index (χ0v) is 18.6. The van der Waals surface area contributed by atoms with Gasteiger partial charge in [-0.3, -0.25) is 4.79 Å².